The average Bonchev–Trinajstić information content (AvgIpc) is 3.32. The summed E-state index contributed by atoms with van der Waals surface area (Å²) in [6.45, 7) is 0.802. The number of carbonyl (C=O) groups excluding carboxylic acids is 2. The molecule has 0 fully saturated rings. The summed E-state index contributed by atoms with van der Waals surface area (Å²) >= 11 is 0. The minimum absolute atomic E-state index is 0.0477. The molecule has 0 saturated heterocycles. The third-order valence-corrected chi connectivity index (χ3v) is 8.39. The Bertz CT molecular complexity index is 1480. The van der Waals surface area contributed by atoms with Crippen LogP contribution in [0.15, 0.2) is 71.5 Å². The molecule has 0 unspecified atom stereocenters. The molecule has 3 N–H and O–H groups in total. The fourth-order valence-corrected chi connectivity index (χ4v) is 5.97. The van der Waals surface area contributed by atoms with Gasteiger partial charge >= 0.3 is 0 Å². The molecular weight excluding hydrogens is 526 g/mol. The van der Waals surface area contributed by atoms with Crippen molar-refractivity contribution in [2.24, 2.45) is 5.73 Å². The number of methoxy groups -OCH3 is 1. The van der Waals surface area contributed by atoms with E-state index in [1.807, 2.05) is 24.3 Å². The molecule has 2 atom stereocenters. The molecule has 4 rings (SSSR count). The van der Waals surface area contributed by atoms with Gasteiger partial charge in [-0.3, -0.25) is 14.2 Å². The van der Waals surface area contributed by atoms with Gasteiger partial charge in [-0.2, -0.15) is 4.31 Å². The van der Waals surface area contributed by atoms with Crippen molar-refractivity contribution >= 4 is 32.7 Å². The molecule has 1 aromatic heterocycles. The number of nitrogens with two attached hydrogens (primary N) is 1. The Kier molecular flexibility index (Phi) is 8.70. The van der Waals surface area contributed by atoms with Crippen LogP contribution in [-0.2, 0) is 24.3 Å². The number of sulfonamides is 1. The molecule has 2 heterocycles. The smallest absolute Gasteiger partial charge is 0.283 e. The van der Waals surface area contributed by atoms with Crippen molar-refractivity contribution in [2.75, 3.05) is 33.4 Å². The van der Waals surface area contributed by atoms with Crippen molar-refractivity contribution < 1.29 is 37.3 Å². The first kappa shape index (κ1) is 28.3. The van der Waals surface area contributed by atoms with Crippen LogP contribution in [0.5, 0.6) is 5.75 Å². The number of nitrogens with zero attached hydrogens (tertiary/aromatic N) is 2. The monoisotopic (exact) mass is 557 g/mol. The molecule has 0 bridgehead atoms. The average molecular weight is 558 g/mol. The Balaban J connectivity index is 1.51. The highest BCUT2D eigenvalue weighted by molar-refractivity contribution is 7.89. The summed E-state index contributed by atoms with van der Waals surface area (Å²) in [4.78, 5) is 24.3. The number of rotatable bonds is 11. The van der Waals surface area contributed by atoms with Crippen LogP contribution < -0.4 is 10.5 Å². The first-order valence-corrected chi connectivity index (χ1v) is 13.8. The van der Waals surface area contributed by atoms with Gasteiger partial charge in [-0.15, -0.1) is 0 Å². The van der Waals surface area contributed by atoms with Gasteiger partial charge in [0, 0.05) is 43.9 Å². The van der Waals surface area contributed by atoms with E-state index in [2.05, 4.69) is 0 Å². The molecule has 0 aliphatic carbocycles. The fraction of sp³-hybridized carbons (Fsp3) is 0.333. The second-order valence-electron chi connectivity index (χ2n) is 8.95. The number of ether oxygens (including phenoxy) is 3. The maximum atomic E-state index is 13.2. The maximum Gasteiger partial charge on any atom is 0.283 e. The normalized spacial score (nSPS) is 17.6. The maximum absolute atomic E-state index is 13.2. The Labute approximate surface area is 226 Å². The number of carbonyl (C=O) groups is 2. The lowest BCUT2D eigenvalue weighted by molar-refractivity contribution is -0.144. The topological polar surface area (TPSA) is 150 Å². The lowest BCUT2D eigenvalue weighted by Crippen LogP contribution is -2.38. The number of aromatic nitrogens is 1. The van der Waals surface area contributed by atoms with Crippen molar-refractivity contribution in [3.05, 3.63) is 72.1 Å². The molecule has 0 radical (unpaired) electrons. The van der Waals surface area contributed by atoms with Crippen LogP contribution in [0, 0.1) is 0 Å². The van der Waals surface area contributed by atoms with Crippen LogP contribution in [0.25, 0.3) is 10.9 Å². The summed E-state index contributed by atoms with van der Waals surface area (Å²) < 4.78 is 45.6. The van der Waals surface area contributed by atoms with Crippen molar-refractivity contribution in [1.29, 1.82) is 0 Å². The van der Waals surface area contributed by atoms with Gasteiger partial charge in [0.15, 0.2) is 5.76 Å². The van der Waals surface area contributed by atoms with Gasteiger partial charge in [-0.05, 0) is 42.0 Å². The van der Waals surface area contributed by atoms with Gasteiger partial charge in [0.1, 0.15) is 5.75 Å². The van der Waals surface area contributed by atoms with Crippen molar-refractivity contribution in [2.45, 2.75) is 30.4 Å². The van der Waals surface area contributed by atoms with E-state index in [4.69, 9.17) is 19.9 Å². The molecule has 1 amide bonds. The van der Waals surface area contributed by atoms with E-state index in [0.29, 0.717) is 12.2 Å². The van der Waals surface area contributed by atoms with Crippen LogP contribution in [-0.4, -0.2) is 73.9 Å². The molecule has 2 aromatic carbocycles. The quantitative estimate of drug-likeness (QED) is 0.364. The first-order valence-electron chi connectivity index (χ1n) is 12.3. The van der Waals surface area contributed by atoms with Crippen LogP contribution >= 0.6 is 0 Å². The third-order valence-electron chi connectivity index (χ3n) is 6.47. The SMILES string of the molecule is COc1ccc(S(=O)(=O)N(CCO)CCO[C@H]2C[C@@H](c3cn(C(C)=O)c4ccccc34)C=C(C(N)=O)O2)cc1. The Morgan fingerprint density at radius 2 is 1.87 bits per heavy atom. The molecule has 11 nitrogen and oxygen atoms in total. The molecule has 1 aliphatic rings. The van der Waals surface area contributed by atoms with Gasteiger partial charge in [0.25, 0.3) is 5.91 Å². The van der Waals surface area contributed by atoms with Crippen molar-refractivity contribution in [3.8, 4) is 5.75 Å². The molecule has 0 spiro atoms. The second kappa shape index (κ2) is 12.0. The highest BCUT2D eigenvalue weighted by Crippen LogP contribution is 2.36. The number of amides is 1. The molecule has 12 heteroatoms. The largest absolute Gasteiger partial charge is 0.497 e. The zero-order chi connectivity index (χ0) is 28.2. The third kappa shape index (κ3) is 6.14. The summed E-state index contributed by atoms with van der Waals surface area (Å²) in [5, 5.41) is 10.3. The number of benzene rings is 2. The molecule has 0 saturated carbocycles. The van der Waals surface area contributed by atoms with Gasteiger partial charge in [0.2, 0.25) is 22.2 Å². The molecule has 1 aliphatic heterocycles. The second-order valence-corrected chi connectivity index (χ2v) is 10.9. The highest BCUT2D eigenvalue weighted by Gasteiger charge is 2.31. The lowest BCUT2D eigenvalue weighted by Gasteiger charge is -2.29. The molecule has 208 valence electrons. The van der Waals surface area contributed by atoms with E-state index >= 15 is 0 Å². The summed E-state index contributed by atoms with van der Waals surface area (Å²) in [5.74, 6) is -0.840. The van der Waals surface area contributed by atoms with Crippen LogP contribution in [0.3, 0.4) is 0 Å². The Morgan fingerprint density at radius 1 is 1.15 bits per heavy atom. The molecule has 39 heavy (non-hydrogen) atoms. The van der Waals surface area contributed by atoms with Crippen molar-refractivity contribution in [3.63, 3.8) is 0 Å². The summed E-state index contributed by atoms with van der Waals surface area (Å²) in [5.41, 5.74) is 7.07. The zero-order valence-electron chi connectivity index (χ0n) is 21.6. The zero-order valence-corrected chi connectivity index (χ0v) is 22.5. The van der Waals surface area contributed by atoms with E-state index in [0.717, 1.165) is 20.8 Å². The lowest BCUT2D eigenvalue weighted by atomic mass is 9.92. The molecule has 3 aromatic rings. The van der Waals surface area contributed by atoms with Crippen molar-refractivity contribution in [1.82, 2.24) is 8.87 Å². The predicted molar refractivity (Wildman–Crippen MR) is 143 cm³/mol. The summed E-state index contributed by atoms with van der Waals surface area (Å²) in [6, 6.07) is 13.4. The van der Waals surface area contributed by atoms with E-state index in [-0.39, 0.29) is 48.8 Å². The minimum atomic E-state index is -3.92. The van der Waals surface area contributed by atoms with Gasteiger partial charge in [0.05, 0.1) is 30.7 Å². The number of primary amides is 1. The number of hydrogen-bond acceptors (Lipinski definition) is 8. The predicted octanol–water partition coefficient (Wildman–Crippen LogP) is 2.21. The number of aliphatic hydroxyl groups excluding tert-OH is 1. The number of aliphatic hydroxyl groups is 1. The van der Waals surface area contributed by atoms with Gasteiger partial charge in [-0.25, -0.2) is 8.42 Å². The Hall–Kier alpha value is -3.71. The van der Waals surface area contributed by atoms with Crippen LogP contribution in [0.2, 0.25) is 0 Å². The van der Waals surface area contributed by atoms with E-state index in [1.54, 1.807) is 16.8 Å². The minimum Gasteiger partial charge on any atom is -0.497 e. The number of hydrogen-bond donors (Lipinski definition) is 2. The standard InChI is InChI=1S/C27H31N3O8S/c1-18(32)30-17-23(22-5-3-4-6-24(22)30)19-15-25(27(28)33)38-26(16-19)37-14-12-29(11-13-31)39(34,35)21-9-7-20(36-2)8-10-21/h3-10,15,17,19,26,31H,11-14,16H2,1-2H3,(H2,28,33)/t19-,26+/m0/s1. The summed E-state index contributed by atoms with van der Waals surface area (Å²) in [7, 11) is -2.44. The van der Waals surface area contributed by atoms with E-state index in [9.17, 15) is 23.1 Å². The van der Waals surface area contributed by atoms with Crippen LogP contribution in [0.4, 0.5) is 0 Å². The van der Waals surface area contributed by atoms with Gasteiger partial charge in [-0.1, -0.05) is 18.2 Å². The van der Waals surface area contributed by atoms with Gasteiger partial charge < -0.3 is 25.1 Å². The van der Waals surface area contributed by atoms with Crippen LogP contribution in [0.1, 0.15) is 29.6 Å². The summed E-state index contributed by atoms with van der Waals surface area (Å²) in [6.07, 6.45) is 2.75. The number of fused-ring (bicyclic) bond motifs is 1. The van der Waals surface area contributed by atoms with E-state index in [1.165, 1.54) is 38.3 Å². The Morgan fingerprint density at radius 3 is 2.51 bits per heavy atom. The number of para-hydroxylation sites is 1. The highest BCUT2D eigenvalue weighted by atomic mass is 32.2. The number of allylic oxidation sites excluding steroid dienone is 1. The van der Waals surface area contributed by atoms with E-state index < -0.39 is 22.2 Å². The first-order chi connectivity index (χ1) is 18.6. The fourth-order valence-electron chi connectivity index (χ4n) is 4.55. The molecular formula is C27H31N3O8S.